The molecule has 0 aromatic carbocycles. The third-order valence-corrected chi connectivity index (χ3v) is 3.34. The molecule has 1 N–H and O–H groups in total. The molecule has 0 spiro atoms. The minimum atomic E-state index is 0.103. The fourth-order valence-corrected chi connectivity index (χ4v) is 2.21. The molecular formula is C11H17N3O. The molecule has 2 aliphatic rings. The Hall–Kier alpha value is -0.870. The minimum Gasteiger partial charge on any atom is -0.376 e. The van der Waals surface area contributed by atoms with E-state index in [-0.39, 0.29) is 5.54 Å². The Kier molecular flexibility index (Phi) is 2.07. The van der Waals surface area contributed by atoms with Gasteiger partial charge in [0.2, 0.25) is 0 Å². The van der Waals surface area contributed by atoms with Gasteiger partial charge in [-0.05, 0) is 26.3 Å². The molecular weight excluding hydrogens is 190 g/mol. The zero-order chi connectivity index (χ0) is 10.3. The van der Waals surface area contributed by atoms with E-state index in [1.165, 1.54) is 17.7 Å². The van der Waals surface area contributed by atoms with Gasteiger partial charge < -0.3 is 10.1 Å². The van der Waals surface area contributed by atoms with Crippen LogP contribution in [-0.4, -0.2) is 29.5 Å². The first kappa shape index (κ1) is 9.36. The molecule has 3 heterocycles. The molecule has 4 nitrogen and oxygen atoms in total. The van der Waals surface area contributed by atoms with Crippen LogP contribution in [0.1, 0.15) is 24.6 Å². The summed E-state index contributed by atoms with van der Waals surface area (Å²) in [5.74, 6) is 0. The lowest BCUT2D eigenvalue weighted by atomic mass is 10.0. The quantitative estimate of drug-likeness (QED) is 0.735. The molecule has 0 amide bonds. The first-order valence-electron chi connectivity index (χ1n) is 5.64. The van der Waals surface area contributed by atoms with E-state index < -0.39 is 0 Å². The third-order valence-electron chi connectivity index (χ3n) is 3.34. The maximum atomic E-state index is 5.27. The summed E-state index contributed by atoms with van der Waals surface area (Å²) < 4.78 is 7.38. The van der Waals surface area contributed by atoms with Crippen LogP contribution in [0.2, 0.25) is 0 Å². The molecule has 4 heteroatoms. The van der Waals surface area contributed by atoms with Crippen molar-refractivity contribution in [3.05, 3.63) is 17.5 Å². The number of aromatic nitrogens is 2. The molecule has 0 bridgehead atoms. The van der Waals surface area contributed by atoms with Crippen LogP contribution in [0.25, 0.3) is 0 Å². The molecule has 15 heavy (non-hydrogen) atoms. The second-order valence-electron chi connectivity index (χ2n) is 4.82. The fraction of sp³-hybridized carbons (Fsp3) is 0.727. The van der Waals surface area contributed by atoms with Crippen LogP contribution >= 0.6 is 0 Å². The Morgan fingerprint density at radius 2 is 2.40 bits per heavy atom. The van der Waals surface area contributed by atoms with Gasteiger partial charge in [0.25, 0.3) is 0 Å². The van der Waals surface area contributed by atoms with Gasteiger partial charge in [0.1, 0.15) is 5.54 Å². The maximum Gasteiger partial charge on any atom is 0.106 e. The molecule has 1 saturated heterocycles. The predicted molar refractivity (Wildman–Crippen MR) is 56.7 cm³/mol. The molecule has 0 saturated carbocycles. The van der Waals surface area contributed by atoms with Crippen molar-refractivity contribution in [1.82, 2.24) is 15.1 Å². The average molecular weight is 207 g/mol. The monoisotopic (exact) mass is 207 g/mol. The summed E-state index contributed by atoms with van der Waals surface area (Å²) >= 11 is 0. The Bertz CT molecular complexity index is 344. The van der Waals surface area contributed by atoms with Crippen LogP contribution in [-0.2, 0) is 23.2 Å². The van der Waals surface area contributed by atoms with Gasteiger partial charge in [0.15, 0.2) is 0 Å². The Morgan fingerprint density at radius 1 is 1.53 bits per heavy atom. The van der Waals surface area contributed by atoms with E-state index in [9.17, 15) is 0 Å². The number of ether oxygens (including phenoxy) is 1. The van der Waals surface area contributed by atoms with Crippen molar-refractivity contribution in [3.8, 4) is 0 Å². The van der Waals surface area contributed by atoms with Crippen molar-refractivity contribution >= 4 is 0 Å². The Morgan fingerprint density at radius 3 is 3.13 bits per heavy atom. The molecule has 1 aromatic rings. The minimum absolute atomic E-state index is 0.103. The Balaban J connectivity index is 1.91. The fourth-order valence-electron chi connectivity index (χ4n) is 2.21. The van der Waals surface area contributed by atoms with Gasteiger partial charge in [-0.2, -0.15) is 5.10 Å². The summed E-state index contributed by atoms with van der Waals surface area (Å²) in [4.78, 5) is 0. The van der Waals surface area contributed by atoms with E-state index in [0.29, 0.717) is 0 Å². The summed E-state index contributed by atoms with van der Waals surface area (Å²) in [6.45, 7) is 5.86. The standard InChI is InChI=1S/C11H17N3O/c1-11(7-15-8-11)14-6-9-5-12-4-2-3-10(9)13-14/h6,12H,2-5,7-8H2,1H3. The Labute approximate surface area is 89.6 Å². The maximum absolute atomic E-state index is 5.27. The second-order valence-corrected chi connectivity index (χ2v) is 4.82. The van der Waals surface area contributed by atoms with Gasteiger partial charge in [-0.1, -0.05) is 0 Å². The van der Waals surface area contributed by atoms with Gasteiger partial charge >= 0.3 is 0 Å². The smallest absolute Gasteiger partial charge is 0.106 e. The van der Waals surface area contributed by atoms with Gasteiger partial charge in [0.05, 0.1) is 18.9 Å². The largest absolute Gasteiger partial charge is 0.376 e. The molecule has 2 aliphatic heterocycles. The highest BCUT2D eigenvalue weighted by molar-refractivity contribution is 5.19. The molecule has 0 unspecified atom stereocenters. The topological polar surface area (TPSA) is 39.1 Å². The van der Waals surface area contributed by atoms with E-state index in [4.69, 9.17) is 9.84 Å². The summed E-state index contributed by atoms with van der Waals surface area (Å²) in [7, 11) is 0. The number of nitrogens with one attached hydrogen (secondary N) is 1. The lowest BCUT2D eigenvalue weighted by Gasteiger charge is -2.38. The zero-order valence-corrected chi connectivity index (χ0v) is 9.12. The van der Waals surface area contributed by atoms with Crippen LogP contribution in [0, 0.1) is 0 Å². The molecule has 0 radical (unpaired) electrons. The number of hydrogen-bond acceptors (Lipinski definition) is 3. The molecule has 0 aliphatic carbocycles. The highest BCUT2D eigenvalue weighted by Gasteiger charge is 2.36. The lowest BCUT2D eigenvalue weighted by Crippen LogP contribution is -2.49. The van der Waals surface area contributed by atoms with E-state index >= 15 is 0 Å². The highest BCUT2D eigenvalue weighted by Crippen LogP contribution is 2.26. The molecule has 3 rings (SSSR count). The molecule has 0 atom stereocenters. The van der Waals surface area contributed by atoms with Crippen LogP contribution in [0.15, 0.2) is 6.20 Å². The number of rotatable bonds is 1. The number of fused-ring (bicyclic) bond motifs is 1. The van der Waals surface area contributed by atoms with Crippen LogP contribution in [0.5, 0.6) is 0 Å². The lowest BCUT2D eigenvalue weighted by molar-refractivity contribution is -0.0959. The van der Waals surface area contributed by atoms with Crippen molar-refractivity contribution in [2.24, 2.45) is 0 Å². The van der Waals surface area contributed by atoms with E-state index in [2.05, 4.69) is 23.1 Å². The molecule has 82 valence electrons. The summed E-state index contributed by atoms with van der Waals surface area (Å²) in [5, 5.41) is 8.12. The summed E-state index contributed by atoms with van der Waals surface area (Å²) in [5.41, 5.74) is 2.74. The van der Waals surface area contributed by atoms with Crippen molar-refractivity contribution in [1.29, 1.82) is 0 Å². The summed E-state index contributed by atoms with van der Waals surface area (Å²) in [6.07, 6.45) is 4.49. The van der Waals surface area contributed by atoms with Crippen molar-refractivity contribution in [2.75, 3.05) is 19.8 Å². The normalized spacial score (nSPS) is 24.1. The van der Waals surface area contributed by atoms with Crippen molar-refractivity contribution < 1.29 is 4.74 Å². The highest BCUT2D eigenvalue weighted by atomic mass is 16.5. The van der Waals surface area contributed by atoms with Crippen molar-refractivity contribution in [2.45, 2.75) is 31.8 Å². The van der Waals surface area contributed by atoms with Crippen LogP contribution < -0.4 is 5.32 Å². The van der Waals surface area contributed by atoms with E-state index in [1.54, 1.807) is 0 Å². The second kappa shape index (κ2) is 3.32. The van der Waals surface area contributed by atoms with Gasteiger partial charge in [-0.25, -0.2) is 0 Å². The van der Waals surface area contributed by atoms with E-state index in [0.717, 1.165) is 32.7 Å². The molecule has 1 fully saturated rings. The van der Waals surface area contributed by atoms with Gasteiger partial charge in [-0.3, -0.25) is 4.68 Å². The van der Waals surface area contributed by atoms with Gasteiger partial charge in [0, 0.05) is 18.3 Å². The van der Waals surface area contributed by atoms with E-state index in [1.807, 2.05) is 0 Å². The number of aryl methyl sites for hydroxylation is 1. The summed E-state index contributed by atoms with van der Waals surface area (Å²) in [6, 6.07) is 0. The first-order valence-corrected chi connectivity index (χ1v) is 5.64. The van der Waals surface area contributed by atoms with Gasteiger partial charge in [-0.15, -0.1) is 0 Å². The zero-order valence-electron chi connectivity index (χ0n) is 9.12. The third kappa shape index (κ3) is 1.48. The number of hydrogen-bond donors (Lipinski definition) is 1. The SMILES string of the molecule is CC1(n2cc3c(n2)CCCNC3)COC1. The first-order chi connectivity index (χ1) is 7.28. The molecule has 1 aromatic heterocycles. The van der Waals surface area contributed by atoms with Crippen LogP contribution in [0.3, 0.4) is 0 Å². The number of nitrogens with zero attached hydrogens (tertiary/aromatic N) is 2. The van der Waals surface area contributed by atoms with Crippen molar-refractivity contribution in [3.63, 3.8) is 0 Å². The predicted octanol–water partition coefficient (Wildman–Crippen LogP) is 0.664. The average Bonchev–Trinajstić information content (AvgIpc) is 2.47. The van der Waals surface area contributed by atoms with Crippen LogP contribution in [0.4, 0.5) is 0 Å².